The lowest BCUT2D eigenvalue weighted by Crippen LogP contribution is -2.11. The van der Waals surface area contributed by atoms with Crippen LogP contribution in [0.1, 0.15) is 39.5 Å². The lowest BCUT2D eigenvalue weighted by Gasteiger charge is -2.15. The number of rotatable bonds is 10. The zero-order chi connectivity index (χ0) is 13.9. The molecule has 1 atom stereocenters. The minimum atomic E-state index is 0.508. The zero-order valence-electron chi connectivity index (χ0n) is 12.0. The van der Waals surface area contributed by atoms with Gasteiger partial charge >= 0.3 is 0 Å². The molecule has 0 aliphatic rings. The van der Waals surface area contributed by atoms with Crippen molar-refractivity contribution in [3.8, 4) is 11.5 Å². The van der Waals surface area contributed by atoms with Crippen molar-refractivity contribution < 1.29 is 9.47 Å². The van der Waals surface area contributed by atoms with E-state index in [1.54, 1.807) is 0 Å². The molecule has 1 aromatic carbocycles. The van der Waals surface area contributed by atoms with E-state index >= 15 is 0 Å². The predicted octanol–water partition coefficient (Wildman–Crippen LogP) is 4.90. The minimum Gasteiger partial charge on any atom is -0.493 e. The molecule has 0 N–H and O–H groups in total. The molecule has 3 heteroatoms. The zero-order valence-corrected chi connectivity index (χ0v) is 12.8. The van der Waals surface area contributed by atoms with E-state index in [1.807, 2.05) is 24.3 Å². The highest BCUT2D eigenvalue weighted by atomic mass is 35.5. The number of unbranched alkanes of at least 4 members (excludes halogenated alkanes) is 1. The summed E-state index contributed by atoms with van der Waals surface area (Å²) in [5, 5.41) is 0. The highest BCUT2D eigenvalue weighted by Crippen LogP contribution is 2.20. The van der Waals surface area contributed by atoms with Gasteiger partial charge in [-0.25, -0.2) is 0 Å². The van der Waals surface area contributed by atoms with E-state index in [0.29, 0.717) is 18.4 Å². The summed E-state index contributed by atoms with van der Waals surface area (Å²) in [5.74, 6) is 2.92. The van der Waals surface area contributed by atoms with Crippen molar-refractivity contribution in [1.82, 2.24) is 0 Å². The molecule has 19 heavy (non-hydrogen) atoms. The third kappa shape index (κ3) is 6.72. The van der Waals surface area contributed by atoms with Crippen LogP contribution in [0.5, 0.6) is 11.5 Å². The van der Waals surface area contributed by atoms with Gasteiger partial charge in [0.15, 0.2) is 0 Å². The molecule has 0 fully saturated rings. The first-order valence-corrected chi connectivity index (χ1v) is 7.75. The maximum absolute atomic E-state index is 5.83. The summed E-state index contributed by atoms with van der Waals surface area (Å²) in [6.07, 6.45) is 4.97. The molecule has 0 heterocycles. The lowest BCUT2D eigenvalue weighted by molar-refractivity contribution is 0.233. The smallest absolute Gasteiger partial charge is 0.119 e. The number of hydrogen-bond donors (Lipinski definition) is 0. The number of hydrogen-bond acceptors (Lipinski definition) is 2. The van der Waals surface area contributed by atoms with Crippen LogP contribution in [-0.2, 0) is 0 Å². The molecular formula is C16H25ClO2. The van der Waals surface area contributed by atoms with Crippen molar-refractivity contribution in [3.63, 3.8) is 0 Å². The molecule has 0 radical (unpaired) electrons. The van der Waals surface area contributed by atoms with Crippen LogP contribution in [-0.4, -0.2) is 19.1 Å². The van der Waals surface area contributed by atoms with Crippen molar-refractivity contribution in [3.05, 3.63) is 24.3 Å². The summed E-state index contributed by atoms with van der Waals surface area (Å²) >= 11 is 5.58. The predicted molar refractivity (Wildman–Crippen MR) is 81.5 cm³/mol. The molecule has 0 aromatic heterocycles. The first-order chi connectivity index (χ1) is 9.30. The van der Waals surface area contributed by atoms with E-state index in [1.165, 1.54) is 25.7 Å². The fourth-order valence-electron chi connectivity index (χ4n) is 1.90. The molecular weight excluding hydrogens is 260 g/mol. The second-order valence-electron chi connectivity index (χ2n) is 4.74. The van der Waals surface area contributed by atoms with Crippen LogP contribution in [0.25, 0.3) is 0 Å². The molecule has 0 bridgehead atoms. The number of alkyl halides is 1. The normalized spacial score (nSPS) is 12.2. The maximum Gasteiger partial charge on any atom is 0.119 e. The van der Waals surface area contributed by atoms with Gasteiger partial charge in [-0.2, -0.15) is 0 Å². The average Bonchev–Trinajstić information content (AvgIpc) is 2.46. The Bertz CT molecular complexity index is 324. The van der Waals surface area contributed by atoms with Crippen molar-refractivity contribution in [2.75, 3.05) is 19.1 Å². The first kappa shape index (κ1) is 16.2. The monoisotopic (exact) mass is 284 g/mol. The topological polar surface area (TPSA) is 18.5 Å². The van der Waals surface area contributed by atoms with Crippen molar-refractivity contribution in [2.24, 2.45) is 5.92 Å². The Morgan fingerprint density at radius 3 is 2.21 bits per heavy atom. The van der Waals surface area contributed by atoms with Crippen LogP contribution in [0.15, 0.2) is 24.3 Å². The van der Waals surface area contributed by atoms with Crippen molar-refractivity contribution in [2.45, 2.75) is 39.5 Å². The summed E-state index contributed by atoms with van der Waals surface area (Å²) < 4.78 is 11.3. The molecule has 0 amide bonds. The van der Waals surface area contributed by atoms with Gasteiger partial charge in [-0.15, -0.1) is 11.6 Å². The Morgan fingerprint density at radius 2 is 1.68 bits per heavy atom. The van der Waals surface area contributed by atoms with Crippen LogP contribution in [0.3, 0.4) is 0 Å². The van der Waals surface area contributed by atoms with Crippen LogP contribution in [0, 0.1) is 5.92 Å². The molecule has 0 saturated heterocycles. The van der Waals surface area contributed by atoms with Gasteiger partial charge in [0.05, 0.1) is 12.5 Å². The second kappa shape index (κ2) is 9.96. The molecule has 1 aromatic rings. The maximum atomic E-state index is 5.83. The Labute approximate surface area is 122 Å². The van der Waals surface area contributed by atoms with Crippen molar-refractivity contribution in [1.29, 1.82) is 0 Å². The van der Waals surface area contributed by atoms with Gasteiger partial charge in [0, 0.05) is 0 Å². The van der Waals surface area contributed by atoms with E-state index < -0.39 is 0 Å². The van der Waals surface area contributed by atoms with Gasteiger partial charge in [-0.05, 0) is 36.6 Å². The SMILES string of the molecule is CCCCC(CC)COc1ccc(OCCCl)cc1. The van der Waals surface area contributed by atoms with Crippen molar-refractivity contribution >= 4 is 11.6 Å². The Morgan fingerprint density at radius 1 is 1.05 bits per heavy atom. The second-order valence-corrected chi connectivity index (χ2v) is 5.11. The van der Waals surface area contributed by atoms with E-state index in [9.17, 15) is 0 Å². The largest absolute Gasteiger partial charge is 0.493 e. The summed E-state index contributed by atoms with van der Waals surface area (Å²) in [6, 6.07) is 7.76. The highest BCUT2D eigenvalue weighted by Gasteiger charge is 2.06. The van der Waals surface area contributed by atoms with Gasteiger partial charge in [0.1, 0.15) is 18.1 Å². The minimum absolute atomic E-state index is 0.508. The Balaban J connectivity index is 2.35. The van der Waals surface area contributed by atoms with Crippen LogP contribution >= 0.6 is 11.6 Å². The van der Waals surface area contributed by atoms with Crippen LogP contribution < -0.4 is 9.47 Å². The number of benzene rings is 1. The van der Waals surface area contributed by atoms with Gasteiger partial charge in [0.2, 0.25) is 0 Å². The molecule has 1 unspecified atom stereocenters. The average molecular weight is 285 g/mol. The molecule has 2 nitrogen and oxygen atoms in total. The van der Waals surface area contributed by atoms with Gasteiger partial charge < -0.3 is 9.47 Å². The Hall–Kier alpha value is -0.890. The van der Waals surface area contributed by atoms with E-state index in [-0.39, 0.29) is 0 Å². The molecule has 0 aliphatic carbocycles. The molecule has 1 rings (SSSR count). The number of ether oxygens (including phenoxy) is 2. The fraction of sp³-hybridized carbons (Fsp3) is 0.625. The van der Waals surface area contributed by atoms with E-state index in [4.69, 9.17) is 21.1 Å². The van der Waals surface area contributed by atoms with Crippen LogP contribution in [0.2, 0.25) is 0 Å². The highest BCUT2D eigenvalue weighted by molar-refractivity contribution is 6.17. The molecule has 0 aliphatic heterocycles. The third-order valence-electron chi connectivity index (χ3n) is 3.20. The molecule has 0 spiro atoms. The molecule has 0 saturated carbocycles. The summed E-state index contributed by atoms with van der Waals surface area (Å²) in [7, 11) is 0. The van der Waals surface area contributed by atoms with Gasteiger partial charge in [0.25, 0.3) is 0 Å². The first-order valence-electron chi connectivity index (χ1n) is 7.21. The van der Waals surface area contributed by atoms with Crippen LogP contribution in [0.4, 0.5) is 0 Å². The van der Waals surface area contributed by atoms with Gasteiger partial charge in [-0.1, -0.05) is 33.1 Å². The standard InChI is InChI=1S/C16H25ClO2/c1-3-5-6-14(4-2)13-19-16-9-7-15(8-10-16)18-12-11-17/h7-10,14H,3-6,11-13H2,1-2H3. The fourth-order valence-corrected chi connectivity index (χ4v) is 1.98. The quantitative estimate of drug-likeness (QED) is 0.569. The Kier molecular flexibility index (Phi) is 8.48. The van der Waals surface area contributed by atoms with E-state index in [2.05, 4.69) is 13.8 Å². The lowest BCUT2D eigenvalue weighted by atomic mass is 10.0. The molecule has 108 valence electrons. The summed E-state index contributed by atoms with van der Waals surface area (Å²) in [6.45, 7) is 5.80. The third-order valence-corrected chi connectivity index (χ3v) is 3.35. The summed E-state index contributed by atoms with van der Waals surface area (Å²) in [5.41, 5.74) is 0. The van der Waals surface area contributed by atoms with E-state index in [0.717, 1.165) is 18.1 Å². The number of halogens is 1. The van der Waals surface area contributed by atoms with Gasteiger partial charge in [-0.3, -0.25) is 0 Å². The summed E-state index contributed by atoms with van der Waals surface area (Å²) in [4.78, 5) is 0.